The smallest absolute Gasteiger partial charge is 0.191 e. The fraction of sp³-hybridized carbons (Fsp3) is 0.435. The summed E-state index contributed by atoms with van der Waals surface area (Å²) in [6.45, 7) is 10.0. The summed E-state index contributed by atoms with van der Waals surface area (Å²) in [5, 5.41) is 12.6. The van der Waals surface area contributed by atoms with Crippen molar-refractivity contribution in [3.05, 3.63) is 59.0 Å². The number of rotatable bonds is 7. The van der Waals surface area contributed by atoms with E-state index < -0.39 is 0 Å². The van der Waals surface area contributed by atoms with Gasteiger partial charge in [0.2, 0.25) is 0 Å². The Labute approximate surface area is 173 Å². The molecule has 1 aromatic carbocycles. The molecule has 2 N–H and O–H groups in total. The Kier molecular flexibility index (Phi) is 6.86. The van der Waals surface area contributed by atoms with Gasteiger partial charge < -0.3 is 10.6 Å². The van der Waals surface area contributed by atoms with Crippen molar-refractivity contribution >= 4 is 16.9 Å². The normalized spacial score (nSPS) is 12.9. The van der Waals surface area contributed by atoms with E-state index in [1.165, 1.54) is 22.2 Å². The molecule has 0 saturated carbocycles. The lowest BCUT2D eigenvalue weighted by molar-refractivity contribution is 0.636. The van der Waals surface area contributed by atoms with E-state index in [0.29, 0.717) is 6.54 Å². The summed E-state index contributed by atoms with van der Waals surface area (Å²) < 4.78 is 1.95. The van der Waals surface area contributed by atoms with Crippen LogP contribution in [0.3, 0.4) is 0 Å². The zero-order valence-corrected chi connectivity index (χ0v) is 18.2. The zero-order chi connectivity index (χ0) is 20.8. The number of benzene rings is 1. The Morgan fingerprint density at radius 2 is 2.00 bits per heavy atom. The van der Waals surface area contributed by atoms with Crippen molar-refractivity contribution in [1.82, 2.24) is 25.4 Å². The summed E-state index contributed by atoms with van der Waals surface area (Å²) in [6.07, 6.45) is 3.63. The molecule has 6 nitrogen and oxygen atoms in total. The third-order valence-corrected chi connectivity index (χ3v) is 5.26. The van der Waals surface area contributed by atoms with Gasteiger partial charge in [-0.05, 0) is 57.7 Å². The first-order valence-electron chi connectivity index (χ1n) is 10.4. The molecular weight excluding hydrogens is 360 g/mol. The minimum Gasteiger partial charge on any atom is -0.357 e. The van der Waals surface area contributed by atoms with Gasteiger partial charge in [0.25, 0.3) is 0 Å². The topological polar surface area (TPSA) is 67.1 Å². The number of aryl methyl sites for hydroxylation is 2. The largest absolute Gasteiger partial charge is 0.357 e. The van der Waals surface area contributed by atoms with E-state index in [2.05, 4.69) is 72.7 Å². The molecule has 6 heteroatoms. The van der Waals surface area contributed by atoms with Crippen molar-refractivity contribution < 1.29 is 0 Å². The molecular formula is C23H32N6. The number of hydrogen-bond acceptors (Lipinski definition) is 3. The fourth-order valence-electron chi connectivity index (χ4n) is 3.68. The second-order valence-electron chi connectivity index (χ2n) is 7.53. The summed E-state index contributed by atoms with van der Waals surface area (Å²) in [4.78, 5) is 9.33. The third kappa shape index (κ3) is 5.13. The van der Waals surface area contributed by atoms with E-state index in [1.807, 2.05) is 24.0 Å². The molecule has 3 rings (SSSR count). The monoisotopic (exact) mass is 392 g/mol. The van der Waals surface area contributed by atoms with E-state index in [9.17, 15) is 0 Å². The quantitative estimate of drug-likeness (QED) is 0.478. The molecule has 0 aliphatic rings. The average molecular weight is 393 g/mol. The van der Waals surface area contributed by atoms with Crippen LogP contribution in [0, 0.1) is 13.8 Å². The van der Waals surface area contributed by atoms with Crippen LogP contribution in [0.15, 0.2) is 41.5 Å². The van der Waals surface area contributed by atoms with E-state index in [1.54, 1.807) is 0 Å². The fourth-order valence-corrected chi connectivity index (χ4v) is 3.68. The number of pyridine rings is 1. The lowest BCUT2D eigenvalue weighted by Gasteiger charge is -2.18. The molecule has 0 amide bonds. The molecule has 0 saturated heterocycles. The number of guanidine groups is 1. The van der Waals surface area contributed by atoms with Crippen molar-refractivity contribution in [2.45, 2.75) is 46.6 Å². The van der Waals surface area contributed by atoms with Crippen molar-refractivity contribution in [3.8, 4) is 0 Å². The Hall–Kier alpha value is -2.89. The highest BCUT2D eigenvalue weighted by molar-refractivity contribution is 5.82. The predicted octanol–water partition coefficient (Wildman–Crippen LogP) is 3.31. The Bertz CT molecular complexity index is 983. The highest BCUT2D eigenvalue weighted by Crippen LogP contribution is 2.16. The molecule has 0 aliphatic heterocycles. The van der Waals surface area contributed by atoms with Crippen LogP contribution in [0.25, 0.3) is 10.9 Å². The summed E-state index contributed by atoms with van der Waals surface area (Å²) in [7, 11) is 2.00. The Balaban J connectivity index is 1.64. The molecule has 0 spiro atoms. The number of fused-ring (bicyclic) bond motifs is 1. The minimum absolute atomic E-state index is 0.258. The molecule has 154 valence electrons. The van der Waals surface area contributed by atoms with Gasteiger partial charge in [-0.15, -0.1) is 0 Å². The van der Waals surface area contributed by atoms with Gasteiger partial charge in [0.05, 0.1) is 11.2 Å². The Morgan fingerprint density at radius 1 is 1.21 bits per heavy atom. The highest BCUT2D eigenvalue weighted by atomic mass is 15.3. The van der Waals surface area contributed by atoms with Crippen molar-refractivity contribution in [1.29, 1.82) is 0 Å². The first-order valence-corrected chi connectivity index (χ1v) is 10.4. The van der Waals surface area contributed by atoms with Gasteiger partial charge >= 0.3 is 0 Å². The second kappa shape index (κ2) is 9.54. The zero-order valence-electron chi connectivity index (χ0n) is 18.2. The van der Waals surface area contributed by atoms with E-state index in [4.69, 9.17) is 4.99 Å². The molecule has 29 heavy (non-hydrogen) atoms. The summed E-state index contributed by atoms with van der Waals surface area (Å²) in [5.41, 5.74) is 5.94. The number of nitrogens with zero attached hydrogens (tertiary/aromatic N) is 4. The molecule has 1 atom stereocenters. The van der Waals surface area contributed by atoms with E-state index in [0.717, 1.165) is 36.6 Å². The standard InChI is InChI=1S/C23H32N6/c1-6-24-23(27-16(2)15-21-17(3)28-29(5)18(21)4)26-14-12-20-10-7-9-19-11-8-13-25-22(19)20/h7-11,13,16H,6,12,14-15H2,1-5H3,(H2,24,26,27). The van der Waals surface area contributed by atoms with Gasteiger partial charge in [0, 0.05) is 43.5 Å². The summed E-state index contributed by atoms with van der Waals surface area (Å²) >= 11 is 0. The molecule has 0 fully saturated rings. The molecule has 2 aromatic heterocycles. The lowest BCUT2D eigenvalue weighted by Crippen LogP contribution is -2.43. The highest BCUT2D eigenvalue weighted by Gasteiger charge is 2.14. The Morgan fingerprint density at radius 3 is 2.72 bits per heavy atom. The first-order chi connectivity index (χ1) is 14.0. The summed E-state index contributed by atoms with van der Waals surface area (Å²) in [5.74, 6) is 0.854. The van der Waals surface area contributed by atoms with Gasteiger partial charge in [-0.1, -0.05) is 24.3 Å². The van der Waals surface area contributed by atoms with Crippen LogP contribution in [0.5, 0.6) is 0 Å². The van der Waals surface area contributed by atoms with Gasteiger partial charge in [-0.3, -0.25) is 14.7 Å². The van der Waals surface area contributed by atoms with Crippen molar-refractivity contribution in [2.24, 2.45) is 12.0 Å². The molecule has 2 heterocycles. The molecule has 0 radical (unpaired) electrons. The number of nitrogens with one attached hydrogen (secondary N) is 2. The van der Waals surface area contributed by atoms with Crippen LogP contribution in [-0.4, -0.2) is 39.9 Å². The van der Waals surface area contributed by atoms with Crippen LogP contribution in [0.2, 0.25) is 0 Å². The average Bonchev–Trinajstić information content (AvgIpc) is 2.94. The molecule has 1 unspecified atom stereocenters. The van der Waals surface area contributed by atoms with Crippen molar-refractivity contribution in [2.75, 3.05) is 13.1 Å². The number of aromatic nitrogens is 3. The van der Waals surface area contributed by atoms with Gasteiger partial charge in [-0.2, -0.15) is 5.10 Å². The van der Waals surface area contributed by atoms with Gasteiger partial charge in [0.1, 0.15) is 0 Å². The van der Waals surface area contributed by atoms with Crippen molar-refractivity contribution in [3.63, 3.8) is 0 Å². The maximum absolute atomic E-state index is 4.79. The van der Waals surface area contributed by atoms with Crippen LogP contribution in [-0.2, 0) is 19.9 Å². The SMILES string of the molecule is CCNC(=NCCc1cccc2cccnc12)NC(C)Cc1c(C)nn(C)c1C. The van der Waals surface area contributed by atoms with Gasteiger partial charge in [-0.25, -0.2) is 0 Å². The number of aliphatic imine (C=N–C) groups is 1. The van der Waals surface area contributed by atoms with E-state index >= 15 is 0 Å². The number of para-hydroxylation sites is 1. The summed E-state index contributed by atoms with van der Waals surface area (Å²) in [6, 6.07) is 10.7. The maximum Gasteiger partial charge on any atom is 0.191 e. The first kappa shape index (κ1) is 20.8. The third-order valence-electron chi connectivity index (χ3n) is 5.26. The lowest BCUT2D eigenvalue weighted by atomic mass is 10.1. The predicted molar refractivity (Wildman–Crippen MR) is 120 cm³/mol. The van der Waals surface area contributed by atoms with Crippen LogP contribution in [0.1, 0.15) is 36.4 Å². The molecule has 0 aliphatic carbocycles. The van der Waals surface area contributed by atoms with Crippen LogP contribution < -0.4 is 10.6 Å². The van der Waals surface area contributed by atoms with E-state index in [-0.39, 0.29) is 6.04 Å². The van der Waals surface area contributed by atoms with Crippen LogP contribution in [0.4, 0.5) is 0 Å². The molecule has 0 bridgehead atoms. The molecule has 3 aromatic rings. The van der Waals surface area contributed by atoms with Crippen LogP contribution >= 0.6 is 0 Å². The maximum atomic E-state index is 4.79. The second-order valence-corrected chi connectivity index (χ2v) is 7.53. The minimum atomic E-state index is 0.258. The number of hydrogen-bond donors (Lipinski definition) is 2. The van der Waals surface area contributed by atoms with Gasteiger partial charge in [0.15, 0.2) is 5.96 Å².